The molecule has 2 N–H and O–H groups in total. The van der Waals surface area contributed by atoms with Crippen LogP contribution in [0.25, 0.3) is 11.4 Å². The fourth-order valence-electron chi connectivity index (χ4n) is 1.88. The van der Waals surface area contributed by atoms with Gasteiger partial charge >= 0.3 is 6.18 Å². The van der Waals surface area contributed by atoms with Gasteiger partial charge in [-0.05, 0) is 19.1 Å². The van der Waals surface area contributed by atoms with Crippen molar-refractivity contribution in [2.45, 2.75) is 13.1 Å². The number of carbonyl (C=O) groups is 1. The van der Waals surface area contributed by atoms with Gasteiger partial charge < -0.3 is 4.98 Å². The number of nitrogens with one attached hydrogen (secondary N) is 2. The lowest BCUT2D eigenvalue weighted by Crippen LogP contribution is -2.30. The summed E-state index contributed by atoms with van der Waals surface area (Å²) in [5, 5.41) is 0. The van der Waals surface area contributed by atoms with E-state index >= 15 is 0 Å². The average Bonchev–Trinajstić information content (AvgIpc) is 2.78. The quantitative estimate of drug-likeness (QED) is 0.889. The molecule has 0 fully saturated rings. The number of amides is 1. The number of H-pyrrole nitrogens is 1. The van der Waals surface area contributed by atoms with Crippen LogP contribution < -0.4 is 4.72 Å². The van der Waals surface area contributed by atoms with Gasteiger partial charge in [-0.25, -0.2) is 18.1 Å². The lowest BCUT2D eigenvalue weighted by molar-refractivity contribution is -0.137. The highest BCUT2D eigenvalue weighted by molar-refractivity contribution is 7.89. The number of hydrogen-bond donors (Lipinski definition) is 2. The van der Waals surface area contributed by atoms with E-state index in [4.69, 9.17) is 0 Å². The molecule has 2 rings (SSSR count). The second-order valence-electron chi connectivity index (χ2n) is 4.84. The predicted molar refractivity (Wildman–Crippen MR) is 76.1 cm³/mol. The SMILES string of the molecule is Cc1[nH]c(-c2cccc(C(F)(F)F)c2)nc1C(=O)NS(C)(=O)=O. The summed E-state index contributed by atoms with van der Waals surface area (Å²) in [6, 6.07) is 4.41. The molecule has 0 aliphatic carbocycles. The number of aromatic amines is 1. The Balaban J connectivity index is 2.40. The number of halogens is 3. The van der Waals surface area contributed by atoms with E-state index in [0.717, 1.165) is 18.4 Å². The van der Waals surface area contributed by atoms with E-state index in [1.165, 1.54) is 19.1 Å². The molecule has 23 heavy (non-hydrogen) atoms. The van der Waals surface area contributed by atoms with Gasteiger partial charge in [0.15, 0.2) is 5.69 Å². The Morgan fingerprint density at radius 3 is 2.52 bits per heavy atom. The first kappa shape index (κ1) is 17.0. The molecule has 1 aromatic carbocycles. The van der Waals surface area contributed by atoms with Crippen molar-refractivity contribution >= 4 is 15.9 Å². The molecule has 0 radical (unpaired) electrons. The maximum Gasteiger partial charge on any atom is 0.416 e. The standard InChI is InChI=1S/C13H12F3N3O3S/c1-7-10(12(20)19-23(2,21)22)18-11(17-7)8-4-3-5-9(6-8)13(14,15)16/h3-6H,1-2H3,(H,17,18)(H,19,20). The van der Waals surface area contributed by atoms with E-state index in [-0.39, 0.29) is 22.8 Å². The zero-order chi connectivity index (χ0) is 17.4. The molecule has 1 amide bonds. The van der Waals surface area contributed by atoms with Crippen LogP contribution in [0.15, 0.2) is 24.3 Å². The number of benzene rings is 1. The fraction of sp³-hybridized carbons (Fsp3) is 0.231. The number of rotatable bonds is 3. The number of alkyl halides is 3. The molecular weight excluding hydrogens is 335 g/mol. The fourth-order valence-corrected chi connectivity index (χ4v) is 2.31. The van der Waals surface area contributed by atoms with E-state index in [1.807, 2.05) is 0 Å². The first-order valence-electron chi connectivity index (χ1n) is 6.24. The predicted octanol–water partition coefficient (Wildman–Crippen LogP) is 2.09. The molecule has 6 nitrogen and oxygen atoms in total. The largest absolute Gasteiger partial charge is 0.416 e. The highest BCUT2D eigenvalue weighted by atomic mass is 32.2. The van der Waals surface area contributed by atoms with Crippen molar-refractivity contribution < 1.29 is 26.4 Å². The van der Waals surface area contributed by atoms with Gasteiger partial charge in [0, 0.05) is 11.3 Å². The van der Waals surface area contributed by atoms with Crippen molar-refractivity contribution in [1.29, 1.82) is 0 Å². The first-order valence-corrected chi connectivity index (χ1v) is 8.13. The molecule has 0 unspecified atom stereocenters. The Kier molecular flexibility index (Phi) is 4.20. The van der Waals surface area contributed by atoms with Crippen molar-refractivity contribution in [3.8, 4) is 11.4 Å². The molecule has 0 atom stereocenters. The maximum atomic E-state index is 12.7. The molecule has 10 heteroatoms. The highest BCUT2D eigenvalue weighted by Crippen LogP contribution is 2.31. The summed E-state index contributed by atoms with van der Waals surface area (Å²) < 4.78 is 62.0. The Hall–Kier alpha value is -2.36. The van der Waals surface area contributed by atoms with Gasteiger partial charge in [0.25, 0.3) is 5.91 Å². The molecule has 0 spiro atoms. The van der Waals surface area contributed by atoms with Crippen LogP contribution in [0.4, 0.5) is 13.2 Å². The van der Waals surface area contributed by atoms with Crippen LogP contribution in [0.1, 0.15) is 21.7 Å². The molecule has 0 aliphatic heterocycles. The van der Waals surface area contributed by atoms with Crippen LogP contribution in [0.2, 0.25) is 0 Å². The lowest BCUT2D eigenvalue weighted by atomic mass is 10.1. The van der Waals surface area contributed by atoms with Crippen molar-refractivity contribution in [2.24, 2.45) is 0 Å². The number of hydrogen-bond acceptors (Lipinski definition) is 4. The smallest absolute Gasteiger partial charge is 0.341 e. The van der Waals surface area contributed by atoms with Crippen LogP contribution in [0, 0.1) is 6.92 Å². The first-order chi connectivity index (χ1) is 10.5. The molecule has 124 valence electrons. The summed E-state index contributed by atoms with van der Waals surface area (Å²) in [6.45, 7) is 1.46. The van der Waals surface area contributed by atoms with Crippen molar-refractivity contribution in [3.63, 3.8) is 0 Å². The van der Waals surface area contributed by atoms with E-state index in [0.29, 0.717) is 0 Å². The zero-order valence-electron chi connectivity index (χ0n) is 12.0. The monoisotopic (exact) mass is 347 g/mol. The van der Waals surface area contributed by atoms with Gasteiger partial charge in [-0.1, -0.05) is 12.1 Å². The summed E-state index contributed by atoms with van der Waals surface area (Å²) in [6.07, 6.45) is -3.70. The van der Waals surface area contributed by atoms with E-state index in [2.05, 4.69) is 9.97 Å². The van der Waals surface area contributed by atoms with Gasteiger partial charge in [0.1, 0.15) is 5.82 Å². The Bertz CT molecular complexity index is 857. The minimum absolute atomic E-state index is 0.0345. The Morgan fingerprint density at radius 1 is 1.30 bits per heavy atom. The molecule has 0 bridgehead atoms. The number of nitrogens with zero attached hydrogens (tertiary/aromatic N) is 1. The summed E-state index contributed by atoms with van der Waals surface area (Å²) >= 11 is 0. The topological polar surface area (TPSA) is 91.9 Å². The van der Waals surface area contributed by atoms with Crippen LogP contribution >= 0.6 is 0 Å². The number of aryl methyl sites for hydroxylation is 1. The molecule has 1 aromatic heterocycles. The van der Waals surface area contributed by atoms with Crippen LogP contribution in [0.3, 0.4) is 0 Å². The van der Waals surface area contributed by atoms with Crippen molar-refractivity contribution in [2.75, 3.05) is 6.26 Å². The average molecular weight is 347 g/mol. The van der Waals surface area contributed by atoms with Crippen molar-refractivity contribution in [3.05, 3.63) is 41.2 Å². The molecule has 1 heterocycles. The summed E-state index contributed by atoms with van der Waals surface area (Å²) in [4.78, 5) is 18.4. The van der Waals surface area contributed by atoms with E-state index < -0.39 is 27.7 Å². The normalized spacial score (nSPS) is 12.2. The lowest BCUT2D eigenvalue weighted by Gasteiger charge is -2.07. The molecular formula is C13H12F3N3O3S. The number of carbonyl (C=O) groups excluding carboxylic acids is 1. The van der Waals surface area contributed by atoms with Crippen LogP contribution in [-0.4, -0.2) is 30.5 Å². The molecule has 0 saturated carbocycles. The van der Waals surface area contributed by atoms with E-state index in [1.54, 1.807) is 4.72 Å². The van der Waals surface area contributed by atoms with Gasteiger partial charge in [-0.2, -0.15) is 13.2 Å². The second kappa shape index (κ2) is 5.69. The highest BCUT2D eigenvalue weighted by Gasteiger charge is 2.30. The third-order valence-electron chi connectivity index (χ3n) is 2.84. The number of aromatic nitrogens is 2. The Labute approximate surface area is 129 Å². The van der Waals surface area contributed by atoms with Gasteiger partial charge in [0.2, 0.25) is 10.0 Å². The van der Waals surface area contributed by atoms with E-state index in [9.17, 15) is 26.4 Å². The Morgan fingerprint density at radius 2 is 1.96 bits per heavy atom. The third kappa shape index (κ3) is 4.09. The maximum absolute atomic E-state index is 12.7. The summed E-state index contributed by atoms with van der Waals surface area (Å²) in [7, 11) is -3.77. The minimum Gasteiger partial charge on any atom is -0.341 e. The van der Waals surface area contributed by atoms with Gasteiger partial charge in [0.05, 0.1) is 11.8 Å². The molecule has 0 aliphatic rings. The molecule has 2 aromatic rings. The van der Waals surface area contributed by atoms with Gasteiger partial charge in [-0.15, -0.1) is 0 Å². The number of imidazole rings is 1. The molecule has 0 saturated heterocycles. The third-order valence-corrected chi connectivity index (χ3v) is 3.40. The van der Waals surface area contributed by atoms with Crippen molar-refractivity contribution in [1.82, 2.24) is 14.7 Å². The van der Waals surface area contributed by atoms with Gasteiger partial charge in [-0.3, -0.25) is 4.79 Å². The van der Waals surface area contributed by atoms with Crippen LogP contribution in [0.5, 0.6) is 0 Å². The minimum atomic E-state index is -4.51. The number of sulfonamides is 1. The summed E-state index contributed by atoms with van der Waals surface area (Å²) in [5.41, 5.74) is -0.700. The summed E-state index contributed by atoms with van der Waals surface area (Å²) in [5.74, 6) is -0.924. The van der Waals surface area contributed by atoms with Crippen LogP contribution in [-0.2, 0) is 16.2 Å². The zero-order valence-corrected chi connectivity index (χ0v) is 12.8. The second-order valence-corrected chi connectivity index (χ2v) is 6.59.